The van der Waals surface area contributed by atoms with Crippen molar-refractivity contribution in [3.8, 4) is 17.1 Å². The molecule has 11 nitrogen and oxygen atoms in total. The van der Waals surface area contributed by atoms with Crippen LogP contribution >= 0.6 is 0 Å². The lowest BCUT2D eigenvalue weighted by molar-refractivity contribution is -0.118. The number of benzene rings is 1. The molecule has 1 saturated carbocycles. The number of nitrogens with zero attached hydrogens (tertiary/aromatic N) is 4. The number of carbonyl (C=O) groups is 1. The quantitative estimate of drug-likeness (QED) is 0.488. The number of fused-ring (bicyclic) bond motifs is 1. The lowest BCUT2D eigenvalue weighted by atomic mass is 9.92. The van der Waals surface area contributed by atoms with Gasteiger partial charge in [-0.05, 0) is 62.8 Å². The van der Waals surface area contributed by atoms with Crippen molar-refractivity contribution in [2.45, 2.75) is 56.8 Å². The van der Waals surface area contributed by atoms with Crippen LogP contribution in [0.3, 0.4) is 0 Å². The number of piperidine rings is 1. The summed E-state index contributed by atoms with van der Waals surface area (Å²) in [5.74, 6) is 2.06. The van der Waals surface area contributed by atoms with Crippen molar-refractivity contribution in [1.29, 1.82) is 0 Å². The molecule has 2 aliphatic heterocycles. The Hall–Kier alpha value is -3.22. The van der Waals surface area contributed by atoms with Gasteiger partial charge in [-0.3, -0.25) is 4.79 Å². The van der Waals surface area contributed by atoms with Crippen LogP contribution in [0.5, 0.6) is 5.75 Å². The second kappa shape index (κ2) is 10.2. The molecule has 202 valence electrons. The number of aromatic nitrogens is 3. The van der Waals surface area contributed by atoms with Gasteiger partial charge in [0.2, 0.25) is 5.91 Å². The Morgan fingerprint density at radius 2 is 1.76 bits per heavy atom. The number of ether oxygens (including phenoxy) is 2. The fourth-order valence-corrected chi connectivity index (χ4v) is 7.07. The Bertz CT molecular complexity index is 1410. The largest absolute Gasteiger partial charge is 0.497 e. The summed E-state index contributed by atoms with van der Waals surface area (Å²) in [7, 11) is -2.02. The monoisotopic (exact) mass is 540 g/mol. The standard InChI is InChI=1S/C26H32N6O5S/c1-36-21-7-8-22-23(14-21)29-26(28-22)17-2-9-24(27-15-17)31-12-10-20(11-13-31)37-19-5-3-18(4-6-19)32-16-25(33)30-38(32,34)35/h2,7-9,14-15,18-20H,3-6,10-13,16H2,1H3,(H,28,29)(H,30,33). The number of carbonyl (C=O) groups excluding carboxylic acids is 1. The molecule has 6 rings (SSSR count). The fraction of sp³-hybridized carbons (Fsp3) is 0.500. The zero-order valence-electron chi connectivity index (χ0n) is 21.3. The average Bonchev–Trinajstić information content (AvgIpc) is 3.48. The Morgan fingerprint density at radius 1 is 1.00 bits per heavy atom. The Kier molecular flexibility index (Phi) is 6.70. The van der Waals surface area contributed by atoms with E-state index in [0.29, 0.717) is 12.8 Å². The van der Waals surface area contributed by atoms with Crippen molar-refractivity contribution in [2.24, 2.45) is 0 Å². The van der Waals surface area contributed by atoms with Crippen LogP contribution in [0.25, 0.3) is 22.4 Å². The summed E-state index contributed by atoms with van der Waals surface area (Å²) in [5, 5.41) is 0. The van der Waals surface area contributed by atoms with Gasteiger partial charge < -0.3 is 19.4 Å². The molecule has 1 amide bonds. The number of hydrogen-bond donors (Lipinski definition) is 2. The van der Waals surface area contributed by atoms with Gasteiger partial charge in [-0.15, -0.1) is 0 Å². The van der Waals surface area contributed by atoms with Crippen molar-refractivity contribution in [2.75, 3.05) is 31.6 Å². The van der Waals surface area contributed by atoms with Crippen LogP contribution in [-0.2, 0) is 19.7 Å². The highest BCUT2D eigenvalue weighted by molar-refractivity contribution is 7.88. The molecule has 0 atom stereocenters. The zero-order chi connectivity index (χ0) is 26.3. The van der Waals surface area contributed by atoms with E-state index in [-0.39, 0.29) is 24.8 Å². The SMILES string of the molecule is COc1ccc2nc(-c3ccc(N4CCC(OC5CCC(N6CC(=O)NS6(=O)=O)CC5)CC4)nc3)[nH]c2c1. The summed E-state index contributed by atoms with van der Waals surface area (Å²) in [6.45, 7) is 1.67. The van der Waals surface area contributed by atoms with Crippen molar-refractivity contribution in [3.05, 3.63) is 36.5 Å². The van der Waals surface area contributed by atoms with Crippen molar-refractivity contribution in [1.82, 2.24) is 24.0 Å². The predicted molar refractivity (Wildman–Crippen MR) is 142 cm³/mol. The smallest absolute Gasteiger partial charge is 0.304 e. The second-order valence-electron chi connectivity index (χ2n) is 10.2. The third-order valence-electron chi connectivity index (χ3n) is 7.76. The van der Waals surface area contributed by atoms with Crippen LogP contribution in [0.15, 0.2) is 36.5 Å². The first-order valence-corrected chi connectivity index (χ1v) is 14.5. The fourth-order valence-electron chi connectivity index (χ4n) is 5.71. The molecule has 2 saturated heterocycles. The van der Waals surface area contributed by atoms with E-state index in [1.54, 1.807) is 7.11 Å². The zero-order valence-corrected chi connectivity index (χ0v) is 22.1. The van der Waals surface area contributed by atoms with E-state index in [4.69, 9.17) is 14.5 Å². The number of methoxy groups -OCH3 is 1. The molecular formula is C26H32N6O5S. The number of rotatable bonds is 6. The van der Waals surface area contributed by atoms with E-state index in [1.807, 2.05) is 36.5 Å². The minimum atomic E-state index is -3.67. The molecule has 38 heavy (non-hydrogen) atoms. The maximum Gasteiger partial charge on any atom is 0.304 e. The minimum absolute atomic E-state index is 0.0699. The summed E-state index contributed by atoms with van der Waals surface area (Å²) >= 11 is 0. The molecule has 0 unspecified atom stereocenters. The lowest BCUT2D eigenvalue weighted by Crippen LogP contribution is -2.43. The molecule has 0 spiro atoms. The lowest BCUT2D eigenvalue weighted by Gasteiger charge is -2.37. The van der Waals surface area contributed by atoms with Gasteiger partial charge in [0.05, 0.1) is 36.9 Å². The normalized spacial score (nSPS) is 24.6. The molecule has 2 aromatic heterocycles. The van der Waals surface area contributed by atoms with Gasteiger partial charge in [-0.25, -0.2) is 14.7 Å². The third-order valence-corrected chi connectivity index (χ3v) is 9.29. The maximum atomic E-state index is 12.1. The van der Waals surface area contributed by atoms with E-state index in [0.717, 1.165) is 72.8 Å². The summed E-state index contributed by atoms with van der Waals surface area (Å²) in [4.78, 5) is 26.5. The molecule has 3 aliphatic rings. The van der Waals surface area contributed by atoms with Crippen LogP contribution in [0, 0.1) is 0 Å². The molecule has 2 N–H and O–H groups in total. The van der Waals surface area contributed by atoms with E-state index in [2.05, 4.69) is 19.6 Å². The number of aromatic amines is 1. The number of anilines is 1. The number of hydrogen-bond acceptors (Lipinski definition) is 8. The van der Waals surface area contributed by atoms with Crippen molar-refractivity contribution >= 4 is 33.0 Å². The number of imidazole rings is 1. The highest BCUT2D eigenvalue weighted by Gasteiger charge is 2.40. The molecule has 1 aromatic carbocycles. The van der Waals surface area contributed by atoms with Crippen LogP contribution in [0.4, 0.5) is 5.82 Å². The van der Waals surface area contributed by atoms with Crippen molar-refractivity contribution in [3.63, 3.8) is 0 Å². The molecule has 1 aliphatic carbocycles. The van der Waals surface area contributed by atoms with Gasteiger partial charge >= 0.3 is 10.2 Å². The van der Waals surface area contributed by atoms with Crippen molar-refractivity contribution < 1.29 is 22.7 Å². The highest BCUT2D eigenvalue weighted by Crippen LogP contribution is 2.31. The summed E-state index contributed by atoms with van der Waals surface area (Å²) in [5.41, 5.74) is 2.74. The van der Waals surface area contributed by atoms with Gasteiger partial charge in [0.25, 0.3) is 0 Å². The van der Waals surface area contributed by atoms with Gasteiger partial charge in [0.1, 0.15) is 17.4 Å². The predicted octanol–water partition coefficient (Wildman–Crippen LogP) is 2.61. The molecule has 4 heterocycles. The number of pyridine rings is 1. The van der Waals surface area contributed by atoms with Crippen LogP contribution < -0.4 is 14.4 Å². The van der Waals surface area contributed by atoms with Gasteiger partial charge in [-0.1, -0.05) is 0 Å². The maximum absolute atomic E-state index is 12.1. The van der Waals surface area contributed by atoms with E-state index >= 15 is 0 Å². The molecule has 3 aromatic rings. The molecule has 12 heteroatoms. The topological polar surface area (TPSA) is 130 Å². The number of nitrogens with one attached hydrogen (secondary N) is 2. The molecular weight excluding hydrogens is 508 g/mol. The van der Waals surface area contributed by atoms with Crippen LogP contribution in [0.1, 0.15) is 38.5 Å². The van der Waals surface area contributed by atoms with Gasteiger partial charge in [0, 0.05) is 37.0 Å². The Labute approximate surface area is 221 Å². The Balaban J connectivity index is 0.994. The number of H-pyrrole nitrogens is 1. The van der Waals surface area contributed by atoms with Gasteiger partial charge in [-0.2, -0.15) is 12.7 Å². The Morgan fingerprint density at radius 3 is 2.42 bits per heavy atom. The van der Waals surface area contributed by atoms with Crippen LogP contribution in [0.2, 0.25) is 0 Å². The summed E-state index contributed by atoms with van der Waals surface area (Å²) in [6.07, 6.45) is 7.08. The minimum Gasteiger partial charge on any atom is -0.497 e. The average molecular weight is 541 g/mol. The van der Waals surface area contributed by atoms with E-state index in [9.17, 15) is 13.2 Å². The highest BCUT2D eigenvalue weighted by atomic mass is 32.2. The number of amides is 1. The first kappa shape index (κ1) is 25.1. The molecule has 0 bridgehead atoms. The van der Waals surface area contributed by atoms with E-state index in [1.165, 1.54) is 4.31 Å². The molecule has 0 radical (unpaired) electrons. The summed E-state index contributed by atoms with van der Waals surface area (Å²) in [6, 6.07) is 9.72. The second-order valence-corrected chi connectivity index (χ2v) is 11.8. The first-order valence-electron chi connectivity index (χ1n) is 13.1. The third kappa shape index (κ3) is 5.07. The molecule has 3 fully saturated rings. The van der Waals surface area contributed by atoms with E-state index < -0.39 is 16.1 Å². The first-order chi connectivity index (χ1) is 18.4. The summed E-state index contributed by atoms with van der Waals surface area (Å²) < 4.78 is 39.3. The van der Waals surface area contributed by atoms with Gasteiger partial charge in [0.15, 0.2) is 0 Å². The van der Waals surface area contributed by atoms with Crippen LogP contribution in [-0.4, -0.2) is 78.6 Å².